The topological polar surface area (TPSA) is 63.2 Å². The predicted octanol–water partition coefficient (Wildman–Crippen LogP) is 3.22. The molecule has 6 nitrogen and oxygen atoms in total. The van der Waals surface area contributed by atoms with Gasteiger partial charge in [-0.25, -0.2) is 0 Å². The monoisotopic (exact) mass is 353 g/mol. The molecule has 0 atom stereocenters. The highest BCUT2D eigenvalue weighted by Crippen LogP contribution is 2.24. The number of methoxy groups -OCH3 is 2. The van der Waals surface area contributed by atoms with Crippen LogP contribution in [0.3, 0.4) is 0 Å². The van der Waals surface area contributed by atoms with E-state index in [0.717, 1.165) is 29.9 Å². The van der Waals surface area contributed by atoms with Gasteiger partial charge in [-0.2, -0.15) is 5.10 Å². The summed E-state index contributed by atoms with van der Waals surface area (Å²) in [5.41, 5.74) is 3.62. The van der Waals surface area contributed by atoms with Gasteiger partial charge in [0.25, 0.3) is 5.91 Å². The van der Waals surface area contributed by atoms with Crippen LogP contribution in [0.5, 0.6) is 11.5 Å². The van der Waals surface area contributed by atoms with E-state index in [4.69, 9.17) is 9.47 Å². The second-order valence-corrected chi connectivity index (χ2v) is 6.12. The Kier molecular flexibility index (Phi) is 5.41. The number of carbonyl (C=O) groups is 1. The maximum atomic E-state index is 12.4. The van der Waals surface area contributed by atoms with Crippen LogP contribution < -0.4 is 19.8 Å². The molecule has 0 saturated heterocycles. The van der Waals surface area contributed by atoms with Gasteiger partial charge in [0, 0.05) is 42.4 Å². The predicted molar refractivity (Wildman–Crippen MR) is 102 cm³/mol. The van der Waals surface area contributed by atoms with Crippen molar-refractivity contribution in [2.45, 2.75) is 19.9 Å². The quantitative estimate of drug-likeness (QED) is 0.866. The van der Waals surface area contributed by atoms with Gasteiger partial charge in [0.05, 0.1) is 19.9 Å². The Morgan fingerprint density at radius 3 is 2.54 bits per heavy atom. The zero-order chi connectivity index (χ0) is 18.5. The molecule has 2 aromatic carbocycles. The summed E-state index contributed by atoms with van der Waals surface area (Å²) in [5.74, 6) is 1.27. The Bertz CT molecular complexity index is 816. The summed E-state index contributed by atoms with van der Waals surface area (Å²) >= 11 is 0. The summed E-state index contributed by atoms with van der Waals surface area (Å²) in [4.78, 5) is 12.4. The van der Waals surface area contributed by atoms with Crippen LogP contribution in [-0.4, -0.2) is 32.4 Å². The molecule has 0 aromatic heterocycles. The SMILES string of the molecule is COc1ccc(CNC(=O)c2ccc(N3CCC(C)=N3)cc2)c(OC)c1. The van der Waals surface area contributed by atoms with Crippen LogP contribution in [0.2, 0.25) is 0 Å². The van der Waals surface area contributed by atoms with Gasteiger partial charge in [-0.15, -0.1) is 0 Å². The number of ether oxygens (including phenoxy) is 2. The summed E-state index contributed by atoms with van der Waals surface area (Å²) in [6.45, 7) is 3.28. The largest absolute Gasteiger partial charge is 0.497 e. The fraction of sp³-hybridized carbons (Fsp3) is 0.300. The molecular formula is C20H23N3O3. The van der Waals surface area contributed by atoms with E-state index in [1.807, 2.05) is 48.3 Å². The van der Waals surface area contributed by atoms with Crippen molar-refractivity contribution in [1.82, 2.24) is 5.32 Å². The molecule has 136 valence electrons. The van der Waals surface area contributed by atoms with Crippen molar-refractivity contribution in [1.29, 1.82) is 0 Å². The molecule has 3 rings (SSSR count). The lowest BCUT2D eigenvalue weighted by Gasteiger charge is -2.14. The van der Waals surface area contributed by atoms with E-state index in [2.05, 4.69) is 10.4 Å². The van der Waals surface area contributed by atoms with Crippen molar-refractivity contribution in [2.24, 2.45) is 5.10 Å². The number of benzene rings is 2. The Morgan fingerprint density at radius 1 is 1.15 bits per heavy atom. The lowest BCUT2D eigenvalue weighted by atomic mass is 10.1. The van der Waals surface area contributed by atoms with Gasteiger partial charge < -0.3 is 14.8 Å². The highest BCUT2D eigenvalue weighted by molar-refractivity contribution is 5.94. The highest BCUT2D eigenvalue weighted by Gasteiger charge is 2.14. The Hall–Kier alpha value is -3.02. The van der Waals surface area contributed by atoms with Gasteiger partial charge in [-0.1, -0.05) is 0 Å². The van der Waals surface area contributed by atoms with Crippen molar-refractivity contribution in [3.8, 4) is 11.5 Å². The molecule has 0 fully saturated rings. The first-order valence-corrected chi connectivity index (χ1v) is 8.51. The standard InChI is InChI=1S/C20H23N3O3/c1-14-10-11-23(22-14)17-7-4-15(5-8-17)20(24)21-13-16-6-9-18(25-2)12-19(16)26-3/h4-9,12H,10-11,13H2,1-3H3,(H,21,24). The third-order valence-corrected chi connectivity index (χ3v) is 4.34. The van der Waals surface area contributed by atoms with E-state index in [1.165, 1.54) is 0 Å². The van der Waals surface area contributed by atoms with Gasteiger partial charge in [0.2, 0.25) is 0 Å². The third-order valence-electron chi connectivity index (χ3n) is 4.34. The molecule has 0 radical (unpaired) electrons. The lowest BCUT2D eigenvalue weighted by Crippen LogP contribution is -2.23. The first-order chi connectivity index (χ1) is 12.6. The molecule has 1 aliphatic heterocycles. The van der Waals surface area contributed by atoms with E-state index >= 15 is 0 Å². The van der Waals surface area contributed by atoms with E-state index < -0.39 is 0 Å². The van der Waals surface area contributed by atoms with E-state index in [9.17, 15) is 4.79 Å². The van der Waals surface area contributed by atoms with Crippen molar-refractivity contribution in [3.05, 3.63) is 53.6 Å². The minimum atomic E-state index is -0.129. The average Bonchev–Trinajstić information content (AvgIpc) is 3.12. The summed E-state index contributed by atoms with van der Waals surface area (Å²) in [6.07, 6.45) is 0.978. The minimum absolute atomic E-state index is 0.129. The molecule has 1 aliphatic rings. The number of nitrogens with one attached hydrogen (secondary N) is 1. The van der Waals surface area contributed by atoms with Crippen LogP contribution in [0.15, 0.2) is 47.6 Å². The van der Waals surface area contributed by atoms with Gasteiger partial charge in [-0.05, 0) is 43.3 Å². The maximum Gasteiger partial charge on any atom is 0.251 e. The lowest BCUT2D eigenvalue weighted by molar-refractivity contribution is 0.0950. The average molecular weight is 353 g/mol. The van der Waals surface area contributed by atoms with Crippen LogP contribution in [-0.2, 0) is 6.54 Å². The van der Waals surface area contributed by atoms with Gasteiger partial charge in [0.15, 0.2) is 0 Å². The van der Waals surface area contributed by atoms with Crippen molar-refractivity contribution in [2.75, 3.05) is 25.8 Å². The second kappa shape index (κ2) is 7.91. The molecule has 26 heavy (non-hydrogen) atoms. The first-order valence-electron chi connectivity index (χ1n) is 8.51. The summed E-state index contributed by atoms with van der Waals surface area (Å²) in [5, 5.41) is 9.35. The van der Waals surface area contributed by atoms with Crippen molar-refractivity contribution < 1.29 is 14.3 Å². The molecule has 0 aliphatic carbocycles. The number of hydrazone groups is 1. The van der Waals surface area contributed by atoms with Gasteiger partial charge in [-0.3, -0.25) is 9.80 Å². The van der Waals surface area contributed by atoms with Crippen LogP contribution in [0.4, 0.5) is 5.69 Å². The molecule has 2 aromatic rings. The molecule has 6 heteroatoms. The summed E-state index contributed by atoms with van der Waals surface area (Å²) in [7, 11) is 3.20. The summed E-state index contributed by atoms with van der Waals surface area (Å²) in [6, 6.07) is 13.0. The van der Waals surface area contributed by atoms with E-state index in [1.54, 1.807) is 20.3 Å². The fourth-order valence-electron chi connectivity index (χ4n) is 2.82. The second-order valence-electron chi connectivity index (χ2n) is 6.12. The molecule has 0 bridgehead atoms. The van der Waals surface area contributed by atoms with Crippen molar-refractivity contribution in [3.63, 3.8) is 0 Å². The number of anilines is 1. The van der Waals surface area contributed by atoms with E-state index in [-0.39, 0.29) is 5.91 Å². The molecule has 1 heterocycles. The van der Waals surface area contributed by atoms with Gasteiger partial charge >= 0.3 is 0 Å². The van der Waals surface area contributed by atoms with Crippen LogP contribution in [0.25, 0.3) is 0 Å². The number of amides is 1. The maximum absolute atomic E-state index is 12.4. The third kappa shape index (κ3) is 3.96. The molecule has 1 amide bonds. The first kappa shape index (κ1) is 17.8. The smallest absolute Gasteiger partial charge is 0.251 e. The van der Waals surface area contributed by atoms with Gasteiger partial charge in [0.1, 0.15) is 11.5 Å². The summed E-state index contributed by atoms with van der Waals surface area (Å²) < 4.78 is 10.5. The normalized spacial score (nSPS) is 13.3. The molecule has 0 unspecified atom stereocenters. The Labute approximate surface area is 153 Å². The highest BCUT2D eigenvalue weighted by atomic mass is 16.5. The van der Waals surface area contributed by atoms with Crippen LogP contribution in [0.1, 0.15) is 29.3 Å². The fourth-order valence-corrected chi connectivity index (χ4v) is 2.82. The molecular weight excluding hydrogens is 330 g/mol. The number of nitrogens with zero attached hydrogens (tertiary/aromatic N) is 2. The number of hydrogen-bond donors (Lipinski definition) is 1. The number of carbonyl (C=O) groups excluding carboxylic acids is 1. The Morgan fingerprint density at radius 2 is 1.92 bits per heavy atom. The van der Waals surface area contributed by atoms with E-state index in [0.29, 0.717) is 23.6 Å². The minimum Gasteiger partial charge on any atom is -0.497 e. The zero-order valence-corrected chi connectivity index (χ0v) is 15.3. The number of hydrogen-bond acceptors (Lipinski definition) is 5. The number of rotatable bonds is 6. The Balaban J connectivity index is 1.63. The molecule has 0 spiro atoms. The van der Waals surface area contributed by atoms with Crippen LogP contribution >= 0.6 is 0 Å². The molecule has 1 N–H and O–H groups in total. The molecule has 0 saturated carbocycles. The zero-order valence-electron chi connectivity index (χ0n) is 15.3. The van der Waals surface area contributed by atoms with Crippen molar-refractivity contribution >= 4 is 17.3 Å². The van der Waals surface area contributed by atoms with Crippen LogP contribution in [0, 0.1) is 0 Å².